The van der Waals surface area contributed by atoms with Crippen molar-refractivity contribution in [2.75, 3.05) is 11.5 Å². The van der Waals surface area contributed by atoms with Crippen molar-refractivity contribution >= 4 is 11.4 Å². The van der Waals surface area contributed by atoms with E-state index in [-0.39, 0.29) is 65.7 Å². The Hall–Kier alpha value is -1.62. The fourth-order valence-electron chi connectivity index (χ4n) is 2.61. The van der Waals surface area contributed by atoms with Gasteiger partial charge in [-0.15, -0.1) is 0 Å². The Bertz CT molecular complexity index is 888. The van der Waals surface area contributed by atoms with Crippen molar-refractivity contribution < 1.29 is 65.7 Å². The number of nitrogens with two attached hydrogens (primary N) is 2. The van der Waals surface area contributed by atoms with Gasteiger partial charge in [0.05, 0.1) is 0 Å². The van der Waals surface area contributed by atoms with E-state index in [0.29, 0.717) is 0 Å². The maximum atomic E-state index is 5.83. The average Bonchev–Trinajstić information content (AvgIpc) is 2.71. The topological polar surface area (TPSA) is 52.0 Å². The van der Waals surface area contributed by atoms with Gasteiger partial charge < -0.3 is 36.3 Å². The van der Waals surface area contributed by atoms with Gasteiger partial charge in [0.25, 0.3) is 0 Å². The van der Waals surface area contributed by atoms with E-state index in [2.05, 4.69) is 12.1 Å². The summed E-state index contributed by atoms with van der Waals surface area (Å²) in [7, 11) is 0. The minimum atomic E-state index is 0. The molecule has 0 aliphatic heterocycles. The molecule has 0 saturated carbocycles. The smallest absolute Gasteiger partial charge is 0.0393 e. The van der Waals surface area contributed by atoms with Crippen LogP contribution in [-0.2, 0) is 40.8 Å². The summed E-state index contributed by atoms with van der Waals surface area (Å²) < 4.78 is 0. The Labute approximate surface area is 218 Å². The van der Waals surface area contributed by atoms with E-state index in [1.165, 1.54) is 0 Å². The Morgan fingerprint density at radius 2 is 0.800 bits per heavy atom. The molecule has 0 heterocycles. The first-order valence-electron chi connectivity index (χ1n) is 8.39. The van der Waals surface area contributed by atoms with Crippen LogP contribution in [0.5, 0.6) is 0 Å². The molecule has 0 bridgehead atoms. The zero-order valence-corrected chi connectivity index (χ0v) is 20.4. The number of benzene rings is 4. The predicted octanol–water partition coefficient (Wildman–Crippen LogP) is -0.525. The van der Waals surface area contributed by atoms with Gasteiger partial charge >= 0.3 is 0 Å². The zero-order valence-electron chi connectivity index (χ0n) is 15.8. The molecular weight excluding hydrogens is 600 g/mol. The number of anilines is 2. The summed E-state index contributed by atoms with van der Waals surface area (Å²) in [4.78, 5) is 0. The summed E-state index contributed by atoms with van der Waals surface area (Å²) in [6.07, 6.45) is 0. The van der Waals surface area contributed by atoms with Crippen LogP contribution in [0, 0.1) is 12.1 Å². The maximum Gasteiger partial charge on any atom is 0.0393 e. The van der Waals surface area contributed by atoms with Gasteiger partial charge in [-0.1, -0.05) is 84.9 Å². The molecule has 2 radical (unpaired) electrons. The van der Waals surface area contributed by atoms with E-state index < -0.39 is 0 Å². The number of para-hydroxylation sites is 2. The third-order valence-electron chi connectivity index (χ3n) is 3.92. The molecule has 0 spiro atoms. The minimum Gasteiger partial charge on any atom is -1.00 e. The third kappa shape index (κ3) is 8.63. The van der Waals surface area contributed by atoms with Crippen molar-refractivity contribution in [2.45, 2.75) is 0 Å². The number of halogens is 2. The molecule has 4 aromatic carbocycles. The van der Waals surface area contributed by atoms with Crippen molar-refractivity contribution in [1.82, 2.24) is 0 Å². The van der Waals surface area contributed by atoms with Crippen LogP contribution >= 0.6 is 0 Å². The van der Waals surface area contributed by atoms with E-state index in [9.17, 15) is 0 Å². The molecule has 0 unspecified atom stereocenters. The van der Waals surface area contributed by atoms with Crippen molar-refractivity contribution in [2.24, 2.45) is 0 Å². The number of nitrogen functional groups attached to an aromatic ring is 2. The van der Waals surface area contributed by atoms with Gasteiger partial charge in [0, 0.05) is 63.3 Å². The normalized spacial score (nSPS) is 8.53. The summed E-state index contributed by atoms with van der Waals surface area (Å²) in [5, 5.41) is 0. The van der Waals surface area contributed by atoms with Crippen LogP contribution in [0.4, 0.5) is 11.4 Å². The fourth-order valence-corrected chi connectivity index (χ4v) is 2.61. The van der Waals surface area contributed by atoms with Crippen LogP contribution in [-0.4, -0.2) is 0 Å². The van der Waals surface area contributed by atoms with Crippen molar-refractivity contribution in [1.29, 1.82) is 0 Å². The Kier molecular flexibility index (Phi) is 16.4. The molecule has 0 saturated heterocycles. The second kappa shape index (κ2) is 16.1. The molecule has 4 N–H and O–H groups in total. The van der Waals surface area contributed by atoms with E-state index >= 15 is 0 Å². The van der Waals surface area contributed by atoms with Gasteiger partial charge in [0.15, 0.2) is 0 Å². The fraction of sp³-hybridized carbons (Fsp3) is 0. The molecule has 0 aliphatic carbocycles. The SMILES string of the molecule is Nc1ccccc1-c1[c]cccc1.Nc1ccccc1-c1[c]cccc1.[Cl-].[Cl-].[Pd].[Pd]. The van der Waals surface area contributed by atoms with E-state index in [1.807, 2.05) is 97.1 Å². The molecule has 4 rings (SSSR count). The Morgan fingerprint density at radius 1 is 0.467 bits per heavy atom. The first kappa shape index (κ1) is 30.6. The Balaban J connectivity index is 0. The first-order chi connectivity index (χ1) is 12.8. The van der Waals surface area contributed by atoms with Crippen LogP contribution in [0.3, 0.4) is 0 Å². The number of hydrogen-bond acceptors (Lipinski definition) is 2. The maximum absolute atomic E-state index is 5.83. The number of rotatable bonds is 2. The van der Waals surface area contributed by atoms with Crippen molar-refractivity contribution in [3.05, 3.63) is 109 Å². The summed E-state index contributed by atoms with van der Waals surface area (Å²) in [5.74, 6) is 0. The van der Waals surface area contributed by atoms with E-state index in [1.54, 1.807) is 0 Å². The average molecular weight is 620 g/mol. The second-order valence-corrected chi connectivity index (χ2v) is 5.73. The molecule has 0 aliphatic rings. The molecule has 162 valence electrons. The van der Waals surface area contributed by atoms with Gasteiger partial charge in [-0.2, -0.15) is 0 Å². The standard InChI is InChI=1S/2C12H10N.2ClH.2Pd/c2*13-12-9-5-4-8-11(12)10-6-2-1-3-7-10;;;;/h2*1-6,8-9H,13H2;2*1H;;/p-2. The molecule has 0 aromatic heterocycles. The van der Waals surface area contributed by atoms with Gasteiger partial charge in [0.1, 0.15) is 0 Å². The van der Waals surface area contributed by atoms with E-state index in [4.69, 9.17) is 11.5 Å². The van der Waals surface area contributed by atoms with Gasteiger partial charge in [0.2, 0.25) is 0 Å². The zero-order chi connectivity index (χ0) is 18.2. The third-order valence-corrected chi connectivity index (χ3v) is 3.92. The quantitative estimate of drug-likeness (QED) is 0.234. The van der Waals surface area contributed by atoms with Crippen LogP contribution in [0.25, 0.3) is 22.3 Å². The largest absolute Gasteiger partial charge is 1.00 e. The first-order valence-corrected chi connectivity index (χ1v) is 8.39. The molecule has 4 aromatic rings. The molecule has 30 heavy (non-hydrogen) atoms. The molecular formula is C24H20Cl2N2Pd2-2. The van der Waals surface area contributed by atoms with Crippen molar-refractivity contribution in [3.63, 3.8) is 0 Å². The van der Waals surface area contributed by atoms with Crippen LogP contribution in [0.15, 0.2) is 97.1 Å². The van der Waals surface area contributed by atoms with Gasteiger partial charge in [-0.3, -0.25) is 0 Å². The van der Waals surface area contributed by atoms with Crippen LogP contribution in [0.1, 0.15) is 0 Å². The van der Waals surface area contributed by atoms with Crippen LogP contribution < -0.4 is 36.3 Å². The summed E-state index contributed by atoms with van der Waals surface area (Å²) in [6, 6.07) is 37.6. The van der Waals surface area contributed by atoms with Crippen molar-refractivity contribution in [3.8, 4) is 22.3 Å². The minimum absolute atomic E-state index is 0. The number of hydrogen-bond donors (Lipinski definition) is 2. The molecule has 6 heteroatoms. The van der Waals surface area contributed by atoms with Gasteiger partial charge in [-0.25, -0.2) is 0 Å². The molecule has 0 amide bonds. The molecule has 0 atom stereocenters. The van der Waals surface area contributed by atoms with Gasteiger partial charge in [-0.05, 0) is 35.4 Å². The monoisotopic (exact) mass is 618 g/mol. The summed E-state index contributed by atoms with van der Waals surface area (Å²) in [6.45, 7) is 0. The molecule has 2 nitrogen and oxygen atoms in total. The molecule has 0 fully saturated rings. The second-order valence-electron chi connectivity index (χ2n) is 5.73. The summed E-state index contributed by atoms with van der Waals surface area (Å²) in [5.41, 5.74) is 17.4. The van der Waals surface area contributed by atoms with E-state index in [0.717, 1.165) is 33.6 Å². The predicted molar refractivity (Wildman–Crippen MR) is 110 cm³/mol. The summed E-state index contributed by atoms with van der Waals surface area (Å²) >= 11 is 0. The van der Waals surface area contributed by atoms with Crippen LogP contribution in [0.2, 0.25) is 0 Å². The Morgan fingerprint density at radius 3 is 1.10 bits per heavy atom.